The maximum atomic E-state index is 8.89. The molecule has 77 valence electrons. The molecule has 0 rings (SSSR count). The summed E-state index contributed by atoms with van der Waals surface area (Å²) in [5, 5.41) is 37.3. The van der Waals surface area contributed by atoms with Gasteiger partial charge in [0.1, 0.15) is 0 Å². The predicted molar refractivity (Wildman–Crippen MR) is 29.8 cm³/mol. The van der Waals surface area contributed by atoms with Crippen LogP contribution < -0.4 is 5.11 Å². The zero-order valence-electron chi connectivity index (χ0n) is 6.63. The van der Waals surface area contributed by atoms with Crippen LogP contribution in [0.5, 0.6) is 0 Å². The molecule has 0 aliphatic rings. The van der Waals surface area contributed by atoms with Crippen LogP contribution in [0.4, 0.5) is 0 Å². The molecule has 0 fully saturated rings. The van der Waals surface area contributed by atoms with Crippen molar-refractivity contribution < 1.29 is 80.4 Å². The van der Waals surface area contributed by atoms with Crippen LogP contribution in [0.15, 0.2) is 0 Å². The second kappa shape index (κ2) is 23.0. The van der Waals surface area contributed by atoms with Crippen molar-refractivity contribution in [1.29, 1.82) is 0 Å². The summed E-state index contributed by atoms with van der Waals surface area (Å²) in [5.41, 5.74) is 0. The molecule has 0 saturated heterocycles. The molecule has 0 aromatic carbocycles. The van der Waals surface area contributed by atoms with E-state index in [1.807, 2.05) is 0 Å². The number of rotatable bonds is 0. The topological polar surface area (TPSA) is 170 Å². The number of carbonyl (C=O) groups is 1. The van der Waals surface area contributed by atoms with Crippen LogP contribution in [0.1, 0.15) is 6.92 Å². The Morgan fingerprint density at radius 1 is 1.21 bits per heavy atom. The van der Waals surface area contributed by atoms with Crippen LogP contribution in [-0.4, -0.2) is 21.3 Å². The van der Waals surface area contributed by atoms with E-state index in [0.29, 0.717) is 0 Å². The van der Waals surface area contributed by atoms with Crippen molar-refractivity contribution in [1.82, 2.24) is 0 Å². The largest absolute Gasteiger partial charge is 3.00 e. The summed E-state index contributed by atoms with van der Waals surface area (Å²) in [7, 11) is 0. The van der Waals surface area contributed by atoms with Gasteiger partial charge in [-0.1, -0.05) is 0 Å². The first-order chi connectivity index (χ1) is 5.20. The summed E-state index contributed by atoms with van der Waals surface area (Å²) in [6, 6.07) is 0. The number of carbonyl (C=O) groups excluding carboxylic acids is 1. The zero-order chi connectivity index (χ0) is 10.7. The number of carboxylic acids is 1. The molecular weight excluding hydrogens is 420 g/mol. The van der Waals surface area contributed by atoms with Crippen LogP contribution in [0.2, 0.25) is 0 Å². The first-order valence-corrected chi connectivity index (χ1v) is 2.02. The van der Waals surface area contributed by atoms with E-state index in [9.17, 15) is 0 Å². The van der Waals surface area contributed by atoms with E-state index < -0.39 is 16.1 Å². The minimum atomic E-state index is -1.75. The first-order valence-electron chi connectivity index (χ1n) is 2.02. The number of carboxylic acid groups (broad SMARTS) is 1. The number of nitrogens with zero attached hydrogens (tertiary/aromatic N) is 2. The Kier molecular flexibility index (Phi) is 47.9. The maximum absolute atomic E-state index is 8.89. The summed E-state index contributed by atoms with van der Waals surface area (Å²) in [6.07, 6.45) is 0. The third-order valence-electron chi connectivity index (χ3n) is 0. The smallest absolute Gasteiger partial charge is 0.550 e. The second-order valence-corrected chi connectivity index (χ2v) is 0.953. The minimum Gasteiger partial charge on any atom is -0.550 e. The van der Waals surface area contributed by atoms with E-state index in [2.05, 4.69) is 0 Å². The van der Waals surface area contributed by atoms with Gasteiger partial charge in [-0.25, -0.2) is 0 Å². The Bertz CT molecular complexity index is 123. The molecule has 0 unspecified atom stereocenters. The minimum absolute atomic E-state index is 0. The molecule has 1 radical (unpaired) electrons. The molecule has 0 spiro atoms. The zero-order valence-corrected chi connectivity index (χ0v) is 12.0. The van der Waals surface area contributed by atoms with E-state index in [-0.39, 0.29) is 55.1 Å². The van der Waals surface area contributed by atoms with Crippen molar-refractivity contribution in [3.05, 3.63) is 25.4 Å². The maximum Gasteiger partial charge on any atom is 3.00 e. The fourth-order valence-corrected chi connectivity index (χ4v) is 0. The molecule has 0 amide bonds. The quantitative estimate of drug-likeness (QED) is 0.269. The first kappa shape index (κ1) is 29.2. The van der Waals surface area contributed by atoms with Gasteiger partial charge in [0.05, 0.1) is 5.09 Å². The molecule has 0 bridgehead atoms. The van der Waals surface area contributed by atoms with Gasteiger partial charge in [0.25, 0.3) is 5.09 Å². The van der Waals surface area contributed by atoms with E-state index in [1.54, 1.807) is 0 Å². The van der Waals surface area contributed by atoms with E-state index in [1.165, 1.54) is 0 Å². The van der Waals surface area contributed by atoms with Crippen LogP contribution in [0.25, 0.3) is 0 Å². The van der Waals surface area contributed by atoms with Gasteiger partial charge in [0.2, 0.25) is 0 Å². The molecular formula is C2H4LaN2O8Ru+4. The van der Waals surface area contributed by atoms with Crippen molar-refractivity contribution in [3.63, 3.8) is 0 Å². The van der Waals surface area contributed by atoms with Crippen LogP contribution in [0.3, 0.4) is 0 Å². The van der Waals surface area contributed by atoms with Gasteiger partial charge in [-0.05, 0) is 6.92 Å². The molecule has 0 aromatic heterocycles. The normalized spacial score (nSPS) is 5.21. The number of aliphatic carboxylic acids is 1. The van der Waals surface area contributed by atoms with Crippen molar-refractivity contribution >= 4 is 5.97 Å². The Morgan fingerprint density at radius 2 is 1.21 bits per heavy atom. The second-order valence-electron chi connectivity index (χ2n) is 0.953. The number of hydrogen-bond donors (Lipinski definition) is 1. The monoisotopic (exact) mass is 425 g/mol. The average molecular weight is 424 g/mol. The van der Waals surface area contributed by atoms with Crippen LogP contribution in [0, 0.1) is 61.0 Å². The van der Waals surface area contributed by atoms with E-state index in [0.717, 1.165) is 6.92 Å². The van der Waals surface area contributed by atoms with Gasteiger partial charge < -0.3 is 30.4 Å². The molecule has 0 aromatic rings. The van der Waals surface area contributed by atoms with Crippen molar-refractivity contribution in [2.24, 2.45) is 0 Å². The van der Waals surface area contributed by atoms with Crippen molar-refractivity contribution in [2.45, 2.75) is 6.92 Å². The van der Waals surface area contributed by atoms with Crippen LogP contribution >= 0.6 is 0 Å². The standard InChI is InChI=1S/C2H4O2.La.HNO3.NO3.Ru/c1-2(3)4;;2*2-1(3)4;/h1H3,(H,3,4);;(H,2,3,4);;/q;+3;;-1;+3/p-1. The molecule has 0 saturated carbocycles. The Morgan fingerprint density at radius 3 is 1.21 bits per heavy atom. The van der Waals surface area contributed by atoms with Gasteiger partial charge in [0.15, 0.2) is 0 Å². The van der Waals surface area contributed by atoms with Gasteiger partial charge in [-0.3, -0.25) is 0 Å². The van der Waals surface area contributed by atoms with E-state index >= 15 is 0 Å². The number of hydrogen-bond acceptors (Lipinski definition) is 7. The molecule has 0 aliphatic heterocycles. The fraction of sp³-hybridized carbons (Fsp3) is 0.500. The third kappa shape index (κ3) is 13700. The van der Waals surface area contributed by atoms with Gasteiger partial charge in [-0.2, -0.15) is 0 Å². The van der Waals surface area contributed by atoms with Gasteiger partial charge >= 0.3 is 55.1 Å². The third-order valence-corrected chi connectivity index (χ3v) is 0. The molecule has 14 heavy (non-hydrogen) atoms. The SMILES string of the molecule is CC(=O)[O-].O=[N+]([O-])O.O=[N+]([O-])[O-].[La+3].[Ru+3]. The molecule has 0 aliphatic carbocycles. The summed E-state index contributed by atoms with van der Waals surface area (Å²) in [4.78, 5) is 25.5. The van der Waals surface area contributed by atoms with E-state index in [4.69, 9.17) is 40.5 Å². The summed E-state index contributed by atoms with van der Waals surface area (Å²) in [5.74, 6) is -1.08. The Hall–Kier alpha value is -0.312. The fourth-order valence-electron chi connectivity index (χ4n) is 0. The summed E-state index contributed by atoms with van der Waals surface area (Å²) < 4.78 is 0. The van der Waals surface area contributed by atoms with Gasteiger partial charge in [-0.15, -0.1) is 10.1 Å². The summed E-state index contributed by atoms with van der Waals surface area (Å²) >= 11 is 0. The van der Waals surface area contributed by atoms with Gasteiger partial charge in [0, 0.05) is 5.97 Å². The van der Waals surface area contributed by atoms with Crippen molar-refractivity contribution in [3.8, 4) is 0 Å². The predicted octanol–water partition coefficient (Wildman–Crippen LogP) is -1.83. The van der Waals surface area contributed by atoms with Crippen molar-refractivity contribution in [2.75, 3.05) is 0 Å². The molecule has 0 heterocycles. The Labute approximate surface area is 118 Å². The summed E-state index contributed by atoms with van der Waals surface area (Å²) in [6.45, 7) is 0.972. The average Bonchev–Trinajstić information content (AvgIpc) is 1.54. The van der Waals surface area contributed by atoms with Crippen LogP contribution in [-0.2, 0) is 24.3 Å². The Balaban J connectivity index is -0.0000000270. The molecule has 10 nitrogen and oxygen atoms in total. The molecule has 1 N–H and O–H groups in total. The molecule has 0 atom stereocenters. The molecule has 12 heteroatoms.